The van der Waals surface area contributed by atoms with Gasteiger partial charge in [0, 0.05) is 7.11 Å². The number of hydrogen-bond donors (Lipinski definition) is 0. The van der Waals surface area contributed by atoms with Gasteiger partial charge in [-0.1, -0.05) is 0 Å². The van der Waals surface area contributed by atoms with E-state index in [9.17, 15) is 9.59 Å². The maximum absolute atomic E-state index is 10.5. The number of nitrogens with zero attached hydrogens (tertiary/aromatic N) is 1. The zero-order valence-electron chi connectivity index (χ0n) is 7.07. The molecule has 0 rings (SSSR count). The summed E-state index contributed by atoms with van der Waals surface area (Å²) in [4.78, 5) is 22.9. The summed E-state index contributed by atoms with van der Waals surface area (Å²) in [6.45, 7) is 1.90. The van der Waals surface area contributed by atoms with E-state index in [1.165, 1.54) is 0 Å². The summed E-state index contributed by atoms with van der Waals surface area (Å²) in [7, 11) is 1.54. The van der Waals surface area contributed by atoms with Gasteiger partial charge < -0.3 is 9.47 Å². The second kappa shape index (κ2) is 6.67. The highest BCUT2D eigenvalue weighted by atomic mass is 16.5. The van der Waals surface area contributed by atoms with Gasteiger partial charge in [0.2, 0.25) is 6.08 Å². The van der Waals surface area contributed by atoms with Crippen LogP contribution in [0.4, 0.5) is 0 Å². The zero-order chi connectivity index (χ0) is 9.40. The normalized spacial score (nSPS) is 11.8. The van der Waals surface area contributed by atoms with Gasteiger partial charge in [-0.05, 0) is 6.92 Å². The topological polar surface area (TPSA) is 65.0 Å². The molecule has 5 heteroatoms. The second-order valence-corrected chi connectivity index (χ2v) is 2.16. The van der Waals surface area contributed by atoms with Crippen LogP contribution in [0, 0.1) is 0 Å². The molecule has 0 N–H and O–H groups in total. The van der Waals surface area contributed by atoms with Crippen LogP contribution < -0.4 is 0 Å². The molecule has 0 aliphatic carbocycles. The lowest BCUT2D eigenvalue weighted by Crippen LogP contribution is -2.16. The molecule has 0 spiro atoms. The minimum atomic E-state index is -0.631. The van der Waals surface area contributed by atoms with E-state index < -0.39 is 5.91 Å². The highest BCUT2D eigenvalue weighted by molar-refractivity contribution is 5.82. The molecule has 0 aromatic carbocycles. The molecule has 0 heterocycles. The van der Waals surface area contributed by atoms with Crippen molar-refractivity contribution in [1.82, 2.24) is 0 Å². The van der Waals surface area contributed by atoms with Gasteiger partial charge in [-0.3, -0.25) is 4.79 Å². The molecule has 0 saturated heterocycles. The van der Waals surface area contributed by atoms with Crippen molar-refractivity contribution in [1.29, 1.82) is 0 Å². The maximum atomic E-state index is 10.5. The third-order valence-electron chi connectivity index (χ3n) is 1.15. The highest BCUT2D eigenvalue weighted by Crippen LogP contribution is 1.88. The van der Waals surface area contributed by atoms with Crippen LogP contribution in [0.3, 0.4) is 0 Å². The van der Waals surface area contributed by atoms with Crippen molar-refractivity contribution < 1.29 is 19.1 Å². The Bertz CT molecular complexity index is 186. The quantitative estimate of drug-likeness (QED) is 0.430. The fourth-order valence-electron chi connectivity index (χ4n) is 0.463. The van der Waals surface area contributed by atoms with E-state index in [0.29, 0.717) is 6.61 Å². The van der Waals surface area contributed by atoms with E-state index in [4.69, 9.17) is 9.47 Å². The van der Waals surface area contributed by atoms with Crippen molar-refractivity contribution in [3.05, 3.63) is 0 Å². The summed E-state index contributed by atoms with van der Waals surface area (Å²) in [5.74, 6) is -0.631. The van der Waals surface area contributed by atoms with E-state index in [2.05, 4.69) is 4.99 Å². The molecule has 0 aromatic rings. The van der Waals surface area contributed by atoms with E-state index in [0.717, 1.165) is 6.08 Å². The molecule has 0 bridgehead atoms. The van der Waals surface area contributed by atoms with Gasteiger partial charge in [0.05, 0.1) is 12.7 Å². The lowest BCUT2D eigenvalue weighted by Gasteiger charge is -2.07. The van der Waals surface area contributed by atoms with Gasteiger partial charge in [-0.25, -0.2) is 4.79 Å². The van der Waals surface area contributed by atoms with Crippen molar-refractivity contribution in [2.75, 3.05) is 20.3 Å². The van der Waals surface area contributed by atoms with Gasteiger partial charge in [-0.15, -0.1) is 4.99 Å². The third kappa shape index (κ3) is 5.73. The summed E-state index contributed by atoms with van der Waals surface area (Å²) in [6, 6.07) is 0. The van der Waals surface area contributed by atoms with E-state index >= 15 is 0 Å². The van der Waals surface area contributed by atoms with Crippen LogP contribution in [0.25, 0.3) is 0 Å². The standard InChI is InChI=1S/C7H11NO4/c1-6(11-2)3-12-4-7(10)8-5-9/h6H,3-4H2,1-2H3. The first-order chi connectivity index (χ1) is 5.70. The number of rotatable bonds is 5. The SMILES string of the molecule is COC(C)COCC(=O)N=C=O. The molecule has 0 saturated carbocycles. The van der Waals surface area contributed by atoms with Gasteiger partial charge in [-0.2, -0.15) is 0 Å². The van der Waals surface area contributed by atoms with Gasteiger partial charge in [0.15, 0.2) is 0 Å². The maximum Gasteiger partial charge on any atom is 0.282 e. The number of carbonyl (C=O) groups excluding carboxylic acids is 2. The highest BCUT2D eigenvalue weighted by Gasteiger charge is 2.02. The lowest BCUT2D eigenvalue weighted by atomic mass is 10.4. The van der Waals surface area contributed by atoms with Crippen LogP contribution in [-0.2, 0) is 19.1 Å². The number of methoxy groups -OCH3 is 1. The first-order valence-corrected chi connectivity index (χ1v) is 3.42. The molecular weight excluding hydrogens is 162 g/mol. The largest absolute Gasteiger partial charge is 0.379 e. The third-order valence-corrected chi connectivity index (χ3v) is 1.15. The minimum absolute atomic E-state index is 0.0713. The Morgan fingerprint density at radius 1 is 1.67 bits per heavy atom. The molecule has 0 radical (unpaired) electrons. The van der Waals surface area contributed by atoms with Gasteiger partial charge in [0.25, 0.3) is 5.91 Å². The van der Waals surface area contributed by atoms with Crippen LogP contribution in [0.1, 0.15) is 6.92 Å². The van der Waals surface area contributed by atoms with E-state index in [1.807, 2.05) is 0 Å². The molecule has 1 atom stereocenters. The predicted octanol–water partition coefficient (Wildman–Crippen LogP) is -0.0997. The Kier molecular flexibility index (Phi) is 6.09. The Hall–Kier alpha value is -1.03. The molecule has 0 aliphatic heterocycles. The average Bonchev–Trinajstić information content (AvgIpc) is 2.04. The van der Waals surface area contributed by atoms with Crippen molar-refractivity contribution in [3.63, 3.8) is 0 Å². The molecule has 1 unspecified atom stereocenters. The molecule has 0 fully saturated rings. The minimum Gasteiger partial charge on any atom is -0.379 e. The van der Waals surface area contributed by atoms with Crippen molar-refractivity contribution in [2.24, 2.45) is 4.99 Å². The van der Waals surface area contributed by atoms with Gasteiger partial charge in [0.1, 0.15) is 6.61 Å². The second-order valence-electron chi connectivity index (χ2n) is 2.16. The number of hydrogen-bond acceptors (Lipinski definition) is 4. The van der Waals surface area contributed by atoms with E-state index in [1.54, 1.807) is 14.0 Å². The molecule has 0 aromatic heterocycles. The Balaban J connectivity index is 3.43. The van der Waals surface area contributed by atoms with Gasteiger partial charge >= 0.3 is 0 Å². The Morgan fingerprint density at radius 3 is 2.83 bits per heavy atom. The van der Waals surface area contributed by atoms with Crippen molar-refractivity contribution in [3.8, 4) is 0 Å². The predicted molar refractivity (Wildman–Crippen MR) is 40.4 cm³/mol. The number of carbonyl (C=O) groups is 1. The summed E-state index contributed by atoms with van der Waals surface area (Å²) in [6.07, 6.45) is 1.06. The molecular formula is C7H11NO4. The summed E-state index contributed by atoms with van der Waals surface area (Å²) < 4.78 is 9.70. The van der Waals surface area contributed by atoms with Crippen LogP contribution in [0.2, 0.25) is 0 Å². The molecule has 5 nitrogen and oxygen atoms in total. The fourth-order valence-corrected chi connectivity index (χ4v) is 0.463. The summed E-state index contributed by atoms with van der Waals surface area (Å²) in [5.41, 5.74) is 0. The first-order valence-electron chi connectivity index (χ1n) is 3.42. The van der Waals surface area contributed by atoms with E-state index in [-0.39, 0.29) is 12.7 Å². The van der Waals surface area contributed by atoms with Crippen molar-refractivity contribution >= 4 is 12.0 Å². The molecule has 1 amide bonds. The molecule has 0 aliphatic rings. The number of ether oxygens (including phenoxy) is 2. The lowest BCUT2D eigenvalue weighted by molar-refractivity contribution is -0.123. The summed E-state index contributed by atoms with van der Waals surface area (Å²) >= 11 is 0. The monoisotopic (exact) mass is 173 g/mol. The summed E-state index contributed by atoms with van der Waals surface area (Å²) in [5, 5.41) is 0. The molecule has 68 valence electrons. The Morgan fingerprint density at radius 2 is 2.33 bits per heavy atom. The van der Waals surface area contributed by atoms with Crippen LogP contribution in [-0.4, -0.2) is 38.4 Å². The average molecular weight is 173 g/mol. The fraction of sp³-hybridized carbons (Fsp3) is 0.714. The Labute approximate surface area is 70.4 Å². The first kappa shape index (κ1) is 11.0. The number of aliphatic imine (C=N–C) groups is 1. The number of isocyanates is 1. The molecule has 12 heavy (non-hydrogen) atoms. The van der Waals surface area contributed by atoms with Crippen molar-refractivity contribution in [2.45, 2.75) is 13.0 Å². The smallest absolute Gasteiger partial charge is 0.282 e. The van der Waals surface area contributed by atoms with Crippen LogP contribution >= 0.6 is 0 Å². The van der Waals surface area contributed by atoms with Crippen LogP contribution in [0.5, 0.6) is 0 Å². The number of amides is 1. The van der Waals surface area contributed by atoms with Crippen LogP contribution in [0.15, 0.2) is 4.99 Å². The zero-order valence-corrected chi connectivity index (χ0v) is 7.07.